The molecule has 2 heterocycles. The molecule has 0 N–H and O–H groups in total. The van der Waals surface area contributed by atoms with Crippen molar-refractivity contribution < 1.29 is 9.53 Å². The molecule has 5 heteroatoms. The summed E-state index contributed by atoms with van der Waals surface area (Å²) < 4.78 is 5.73. The first-order valence-corrected chi connectivity index (χ1v) is 7.35. The number of anilines is 1. The first-order valence-electron chi connectivity index (χ1n) is 6.53. The van der Waals surface area contributed by atoms with Crippen molar-refractivity contribution in [3.8, 4) is 0 Å². The highest BCUT2D eigenvalue weighted by Crippen LogP contribution is 2.43. The summed E-state index contributed by atoms with van der Waals surface area (Å²) in [5.74, 6) is 0.533. The summed E-state index contributed by atoms with van der Waals surface area (Å²) in [5, 5.41) is 0.987. The van der Waals surface area contributed by atoms with Crippen molar-refractivity contribution in [2.75, 3.05) is 18.0 Å². The van der Waals surface area contributed by atoms with Crippen LogP contribution in [0.4, 0.5) is 5.13 Å². The lowest BCUT2D eigenvalue weighted by Crippen LogP contribution is -2.45. The molecule has 0 amide bonds. The van der Waals surface area contributed by atoms with Gasteiger partial charge >= 0.3 is 0 Å². The number of thiazole rings is 1. The summed E-state index contributed by atoms with van der Waals surface area (Å²) in [6.45, 7) is 5.89. The van der Waals surface area contributed by atoms with Crippen molar-refractivity contribution in [2.24, 2.45) is 0 Å². The number of nitrogens with zero attached hydrogens (tertiary/aromatic N) is 2. The Hall–Kier alpha value is -0.940. The molecule has 18 heavy (non-hydrogen) atoms. The van der Waals surface area contributed by atoms with Crippen LogP contribution in [-0.4, -0.2) is 36.6 Å². The van der Waals surface area contributed by atoms with Gasteiger partial charge in [-0.25, -0.2) is 4.98 Å². The highest BCUT2D eigenvalue weighted by Gasteiger charge is 2.32. The van der Waals surface area contributed by atoms with E-state index in [2.05, 4.69) is 18.7 Å². The molecule has 0 bridgehead atoms. The molecule has 2 atom stereocenters. The fourth-order valence-electron chi connectivity index (χ4n) is 2.53. The molecule has 0 aromatic carbocycles. The summed E-state index contributed by atoms with van der Waals surface area (Å²) in [5.41, 5.74) is 1.02. The maximum atomic E-state index is 11.1. The third kappa shape index (κ3) is 2.29. The van der Waals surface area contributed by atoms with Crippen molar-refractivity contribution >= 4 is 22.8 Å². The zero-order valence-electron chi connectivity index (χ0n) is 10.8. The third-order valence-corrected chi connectivity index (χ3v) is 4.49. The van der Waals surface area contributed by atoms with E-state index in [0.717, 1.165) is 35.1 Å². The summed E-state index contributed by atoms with van der Waals surface area (Å²) in [6, 6.07) is 0. The molecule has 0 unspecified atom stereocenters. The number of hydrogen-bond donors (Lipinski definition) is 0. The van der Waals surface area contributed by atoms with Crippen molar-refractivity contribution in [3.05, 3.63) is 10.6 Å². The molecule has 1 aliphatic carbocycles. The van der Waals surface area contributed by atoms with Crippen molar-refractivity contribution in [3.63, 3.8) is 0 Å². The standard InChI is InChI=1S/C13H18N2O2S/c1-8-5-15(6-9(2)17-8)13-14-12(10-3-4-10)11(7-16)18-13/h7-10H,3-6H2,1-2H3/t8-,9+. The number of ether oxygens (including phenoxy) is 1. The molecular formula is C13H18N2O2S. The summed E-state index contributed by atoms with van der Waals surface area (Å²) in [7, 11) is 0. The van der Waals surface area contributed by atoms with Crippen LogP contribution in [0.2, 0.25) is 0 Å². The minimum Gasteiger partial charge on any atom is -0.372 e. The smallest absolute Gasteiger partial charge is 0.186 e. The van der Waals surface area contributed by atoms with Gasteiger partial charge in [0.25, 0.3) is 0 Å². The van der Waals surface area contributed by atoms with Gasteiger partial charge in [0, 0.05) is 19.0 Å². The Morgan fingerprint density at radius 3 is 2.56 bits per heavy atom. The average Bonchev–Trinajstić information content (AvgIpc) is 3.07. The van der Waals surface area contributed by atoms with Gasteiger partial charge in [-0.2, -0.15) is 0 Å². The number of carbonyl (C=O) groups excluding carboxylic acids is 1. The van der Waals surface area contributed by atoms with E-state index < -0.39 is 0 Å². The topological polar surface area (TPSA) is 42.4 Å². The molecule has 98 valence electrons. The molecule has 0 radical (unpaired) electrons. The number of aromatic nitrogens is 1. The van der Waals surface area contributed by atoms with E-state index in [1.165, 1.54) is 24.2 Å². The van der Waals surface area contributed by atoms with Gasteiger partial charge in [0.05, 0.1) is 22.8 Å². The van der Waals surface area contributed by atoms with Crippen LogP contribution in [0.5, 0.6) is 0 Å². The van der Waals surface area contributed by atoms with E-state index in [4.69, 9.17) is 9.72 Å². The summed E-state index contributed by atoms with van der Waals surface area (Å²) in [4.78, 5) is 18.9. The number of morpholine rings is 1. The van der Waals surface area contributed by atoms with Crippen molar-refractivity contribution in [1.82, 2.24) is 4.98 Å². The largest absolute Gasteiger partial charge is 0.372 e. The van der Waals surface area contributed by atoms with E-state index in [-0.39, 0.29) is 12.2 Å². The van der Waals surface area contributed by atoms with Crippen LogP contribution in [0.3, 0.4) is 0 Å². The quantitative estimate of drug-likeness (QED) is 0.788. The van der Waals surface area contributed by atoms with Crippen LogP contribution in [0.25, 0.3) is 0 Å². The van der Waals surface area contributed by atoms with Gasteiger partial charge < -0.3 is 9.64 Å². The molecule has 4 nitrogen and oxygen atoms in total. The SMILES string of the molecule is C[C@@H]1CN(c2nc(C3CC3)c(C=O)s2)C[C@H](C)O1. The van der Waals surface area contributed by atoms with E-state index in [1.54, 1.807) is 0 Å². The van der Waals surface area contributed by atoms with Crippen LogP contribution in [0.1, 0.15) is 48.0 Å². The highest BCUT2D eigenvalue weighted by atomic mass is 32.1. The second kappa shape index (κ2) is 4.63. The van der Waals surface area contributed by atoms with Gasteiger partial charge in [-0.1, -0.05) is 11.3 Å². The number of aldehydes is 1. The lowest BCUT2D eigenvalue weighted by atomic mass is 10.2. The van der Waals surface area contributed by atoms with E-state index in [9.17, 15) is 4.79 Å². The summed E-state index contributed by atoms with van der Waals surface area (Å²) >= 11 is 1.53. The van der Waals surface area contributed by atoms with Crippen LogP contribution >= 0.6 is 11.3 Å². The van der Waals surface area contributed by atoms with Crippen LogP contribution < -0.4 is 4.90 Å². The van der Waals surface area contributed by atoms with Gasteiger partial charge in [-0.3, -0.25) is 4.79 Å². The van der Waals surface area contributed by atoms with Gasteiger partial charge in [0.15, 0.2) is 11.4 Å². The fraction of sp³-hybridized carbons (Fsp3) is 0.692. The molecule has 1 aromatic heterocycles. The lowest BCUT2D eigenvalue weighted by molar-refractivity contribution is -0.00523. The van der Waals surface area contributed by atoms with Gasteiger partial charge in [-0.05, 0) is 26.7 Å². The summed E-state index contributed by atoms with van der Waals surface area (Å²) in [6.07, 6.45) is 3.77. The molecule has 3 rings (SSSR count). The molecule has 1 aromatic rings. The predicted octanol–water partition coefficient (Wildman–Crippen LogP) is 2.45. The fourth-order valence-corrected chi connectivity index (χ4v) is 3.52. The Morgan fingerprint density at radius 1 is 1.33 bits per heavy atom. The minimum absolute atomic E-state index is 0.224. The van der Waals surface area contributed by atoms with Crippen LogP contribution in [-0.2, 0) is 4.74 Å². The number of carbonyl (C=O) groups is 1. The van der Waals surface area contributed by atoms with E-state index >= 15 is 0 Å². The molecule has 2 aliphatic rings. The highest BCUT2D eigenvalue weighted by molar-refractivity contribution is 7.17. The Balaban J connectivity index is 1.84. The zero-order chi connectivity index (χ0) is 12.7. The Kier molecular flexibility index (Phi) is 3.11. The monoisotopic (exact) mass is 266 g/mol. The Bertz CT molecular complexity index is 446. The van der Waals surface area contributed by atoms with Gasteiger partial charge in [-0.15, -0.1) is 0 Å². The maximum absolute atomic E-state index is 11.1. The van der Waals surface area contributed by atoms with Gasteiger partial charge in [0.2, 0.25) is 0 Å². The normalized spacial score (nSPS) is 28.4. The zero-order valence-corrected chi connectivity index (χ0v) is 11.6. The average molecular weight is 266 g/mol. The van der Waals surface area contributed by atoms with Crippen LogP contribution in [0.15, 0.2) is 0 Å². The lowest BCUT2D eigenvalue weighted by Gasteiger charge is -2.35. The molecule has 1 saturated heterocycles. The van der Waals surface area contributed by atoms with E-state index in [0.29, 0.717) is 5.92 Å². The Morgan fingerprint density at radius 2 is 2.00 bits per heavy atom. The number of hydrogen-bond acceptors (Lipinski definition) is 5. The molecule has 0 spiro atoms. The van der Waals surface area contributed by atoms with Crippen molar-refractivity contribution in [2.45, 2.75) is 44.8 Å². The molecular weight excluding hydrogens is 248 g/mol. The first kappa shape index (κ1) is 12.1. The predicted molar refractivity (Wildman–Crippen MR) is 71.7 cm³/mol. The Labute approximate surface area is 111 Å². The van der Waals surface area contributed by atoms with E-state index in [1.807, 2.05) is 0 Å². The van der Waals surface area contributed by atoms with Crippen LogP contribution in [0, 0.1) is 0 Å². The second-order valence-corrected chi connectivity index (χ2v) is 6.31. The molecule has 1 aliphatic heterocycles. The second-order valence-electron chi connectivity index (χ2n) is 5.30. The van der Waals surface area contributed by atoms with Gasteiger partial charge in [0.1, 0.15) is 0 Å². The minimum atomic E-state index is 0.224. The third-order valence-electron chi connectivity index (χ3n) is 3.43. The maximum Gasteiger partial charge on any atom is 0.186 e. The number of rotatable bonds is 3. The first-order chi connectivity index (χ1) is 8.67. The molecule has 1 saturated carbocycles. The molecule has 2 fully saturated rings. The van der Waals surface area contributed by atoms with Crippen molar-refractivity contribution in [1.29, 1.82) is 0 Å².